The van der Waals surface area contributed by atoms with Crippen LogP contribution >= 0.6 is 0 Å². The molecular formula is C17H18N2O6. The van der Waals surface area contributed by atoms with Gasteiger partial charge < -0.3 is 35.5 Å². The van der Waals surface area contributed by atoms with Gasteiger partial charge in [0.2, 0.25) is 0 Å². The lowest BCUT2D eigenvalue weighted by Crippen LogP contribution is -2.49. The van der Waals surface area contributed by atoms with Crippen LogP contribution in [0.3, 0.4) is 0 Å². The fraction of sp³-hybridized carbons (Fsp3) is 0.294. The van der Waals surface area contributed by atoms with E-state index < -0.39 is 36.5 Å². The van der Waals surface area contributed by atoms with Gasteiger partial charge in [-0.1, -0.05) is 12.0 Å². The molecule has 8 heteroatoms. The second-order valence-corrected chi connectivity index (χ2v) is 5.41. The van der Waals surface area contributed by atoms with E-state index in [-0.39, 0.29) is 17.5 Å². The number of rotatable bonds is 7. The Hall–Kier alpha value is -2.70. The van der Waals surface area contributed by atoms with E-state index in [0.29, 0.717) is 16.2 Å². The molecule has 2 rings (SSSR count). The molecule has 2 aromatic rings. The van der Waals surface area contributed by atoms with E-state index in [1.807, 2.05) is 0 Å². The maximum absolute atomic E-state index is 11.8. The van der Waals surface area contributed by atoms with Gasteiger partial charge in [-0.3, -0.25) is 4.79 Å². The zero-order valence-corrected chi connectivity index (χ0v) is 13.0. The molecule has 0 unspecified atom stereocenters. The van der Waals surface area contributed by atoms with Crippen molar-refractivity contribution < 1.29 is 26.6 Å². The van der Waals surface area contributed by atoms with Gasteiger partial charge in [0.15, 0.2) is 1.41 Å². The van der Waals surface area contributed by atoms with Crippen molar-refractivity contribution in [2.24, 2.45) is 0 Å². The second-order valence-electron chi connectivity index (χ2n) is 5.41. The van der Waals surface area contributed by atoms with Gasteiger partial charge in [-0.25, -0.2) is 0 Å². The number of aromatic amines is 1. The largest absolute Gasteiger partial charge is 0.394 e. The molecule has 0 aliphatic heterocycles. The van der Waals surface area contributed by atoms with Gasteiger partial charge in [0.25, 0.3) is 5.56 Å². The standard InChI is InChI=1S/C17H18N2O6/c1-2-9-5-10-3-4-11(6-12(10)19-17(9)25)18-13(7-20)15(23)16(24)14(22)8-21/h1,3-7,13-16,18,21-24H,8H2,(H,19,25)/t13-,14+,15+,16+/m0/s1/i/hD. The van der Waals surface area contributed by atoms with Crippen LogP contribution < -0.4 is 10.9 Å². The van der Waals surface area contributed by atoms with Gasteiger partial charge in [-0.15, -0.1) is 6.42 Å². The van der Waals surface area contributed by atoms with Crippen LogP contribution in [0.15, 0.2) is 29.1 Å². The summed E-state index contributed by atoms with van der Waals surface area (Å²) in [6, 6.07) is 4.41. The molecule has 0 amide bonds. The minimum atomic E-state index is -1.83. The Balaban J connectivity index is 2.37. The summed E-state index contributed by atoms with van der Waals surface area (Å²) in [5.41, 5.74) is 0.166. The molecule has 0 radical (unpaired) electrons. The quantitative estimate of drug-likeness (QED) is 0.266. The summed E-state index contributed by atoms with van der Waals surface area (Å²) >= 11 is 0. The van der Waals surface area contributed by atoms with Crippen LogP contribution in [0.25, 0.3) is 10.9 Å². The van der Waals surface area contributed by atoms with E-state index in [1.165, 1.54) is 18.2 Å². The average molecular weight is 347 g/mol. The van der Waals surface area contributed by atoms with Gasteiger partial charge in [0, 0.05) is 5.69 Å². The van der Waals surface area contributed by atoms with E-state index in [0.717, 1.165) is 0 Å². The number of aldehydes is 1. The Bertz CT molecular complexity index is 893. The molecule has 0 fully saturated rings. The van der Waals surface area contributed by atoms with Crippen LogP contribution in [0.4, 0.5) is 5.69 Å². The zero-order chi connectivity index (χ0) is 19.4. The molecule has 1 aromatic carbocycles. The lowest BCUT2D eigenvalue weighted by Gasteiger charge is -2.26. The highest BCUT2D eigenvalue weighted by molar-refractivity contribution is 5.83. The number of benzene rings is 1. The molecule has 0 saturated carbocycles. The first-order valence-corrected chi connectivity index (χ1v) is 7.36. The maximum atomic E-state index is 11.8. The summed E-state index contributed by atoms with van der Waals surface area (Å²) in [7, 11) is 0. The number of hydrogen-bond donors (Lipinski definition) is 6. The van der Waals surface area contributed by atoms with E-state index in [1.54, 1.807) is 6.07 Å². The van der Waals surface area contributed by atoms with E-state index in [2.05, 4.69) is 10.9 Å². The molecular weight excluding hydrogens is 328 g/mol. The van der Waals surface area contributed by atoms with Crippen molar-refractivity contribution in [2.45, 2.75) is 24.4 Å². The minimum absolute atomic E-state index is 0.142. The molecule has 132 valence electrons. The summed E-state index contributed by atoms with van der Waals surface area (Å²) in [4.78, 5) is 25.7. The topological polar surface area (TPSA) is 143 Å². The third-order valence-corrected chi connectivity index (χ3v) is 3.70. The summed E-state index contributed by atoms with van der Waals surface area (Å²) in [5, 5.41) is 39.3. The van der Waals surface area contributed by atoms with Crippen molar-refractivity contribution in [3.63, 3.8) is 0 Å². The fourth-order valence-electron chi connectivity index (χ4n) is 2.27. The highest BCUT2D eigenvalue weighted by atomic mass is 16.4. The first kappa shape index (κ1) is 17.1. The number of aromatic nitrogens is 1. The zero-order valence-electron chi connectivity index (χ0n) is 14.0. The number of aliphatic hydroxyl groups is 4. The molecule has 0 saturated heterocycles. The minimum Gasteiger partial charge on any atom is -0.394 e. The average Bonchev–Trinajstić information content (AvgIpc) is 2.65. The fourth-order valence-corrected chi connectivity index (χ4v) is 2.27. The van der Waals surface area contributed by atoms with Crippen LogP contribution in [0, 0.1) is 12.3 Å². The predicted molar refractivity (Wildman–Crippen MR) is 91.1 cm³/mol. The Morgan fingerprint density at radius 3 is 2.64 bits per heavy atom. The molecule has 0 bridgehead atoms. The Morgan fingerprint density at radius 2 is 2.04 bits per heavy atom. The van der Waals surface area contributed by atoms with Crippen molar-refractivity contribution in [3.8, 4) is 12.3 Å². The van der Waals surface area contributed by atoms with Gasteiger partial charge in [0.1, 0.15) is 30.6 Å². The van der Waals surface area contributed by atoms with Crippen LogP contribution in [0.5, 0.6) is 0 Å². The van der Waals surface area contributed by atoms with Crippen molar-refractivity contribution in [1.82, 2.24) is 4.98 Å². The molecule has 1 aromatic heterocycles. The predicted octanol–water partition coefficient (Wildman–Crippen LogP) is -1.44. The Labute approximate surface area is 144 Å². The smallest absolute Gasteiger partial charge is 0.264 e. The lowest BCUT2D eigenvalue weighted by atomic mass is 10.0. The van der Waals surface area contributed by atoms with Gasteiger partial charge in [0.05, 0.1) is 17.7 Å². The molecule has 0 spiro atoms. The number of fused-ring (bicyclic) bond motifs is 1. The molecule has 1 heterocycles. The van der Waals surface area contributed by atoms with Crippen molar-refractivity contribution >= 4 is 22.9 Å². The first-order valence-electron chi connectivity index (χ1n) is 7.81. The maximum Gasteiger partial charge on any atom is 0.264 e. The van der Waals surface area contributed by atoms with Crippen molar-refractivity contribution in [1.29, 1.82) is 0 Å². The van der Waals surface area contributed by atoms with E-state index in [4.69, 9.17) is 12.9 Å². The third kappa shape index (κ3) is 4.04. The number of hydrogen-bond acceptors (Lipinski definition) is 7. The number of terminal acetylenes is 1. The summed E-state index contributed by atoms with van der Waals surface area (Å²) < 4.78 is 8.06. The molecule has 0 aliphatic carbocycles. The lowest BCUT2D eigenvalue weighted by molar-refractivity contribution is -0.117. The van der Waals surface area contributed by atoms with Crippen molar-refractivity contribution in [3.05, 3.63) is 40.2 Å². The van der Waals surface area contributed by atoms with Crippen molar-refractivity contribution in [2.75, 3.05) is 11.9 Å². The SMILES string of the molecule is [2H]N(c1ccc2cc(C#C)c(=O)[nH]c2c1)[C@@H](C=O)[C@@H](O)[C@H](O)[C@H](O)CO. The van der Waals surface area contributed by atoms with E-state index >= 15 is 0 Å². The monoisotopic (exact) mass is 347 g/mol. The number of carbonyl (C=O) groups is 1. The van der Waals surface area contributed by atoms with Gasteiger partial charge in [-0.2, -0.15) is 0 Å². The second kappa shape index (κ2) is 7.92. The Morgan fingerprint density at radius 1 is 1.32 bits per heavy atom. The molecule has 4 atom stereocenters. The number of anilines is 1. The number of nitrogens with one attached hydrogen (secondary N) is 2. The normalized spacial score (nSPS) is 16.4. The molecule has 0 aliphatic rings. The highest BCUT2D eigenvalue weighted by Crippen LogP contribution is 2.18. The van der Waals surface area contributed by atoms with Gasteiger partial charge >= 0.3 is 0 Å². The number of pyridine rings is 1. The van der Waals surface area contributed by atoms with Crippen LogP contribution in [0.1, 0.15) is 5.56 Å². The van der Waals surface area contributed by atoms with Crippen LogP contribution in [-0.2, 0) is 4.79 Å². The summed E-state index contributed by atoms with van der Waals surface area (Å²) in [6.45, 7) is -0.823. The number of carbonyl (C=O) groups excluding carboxylic acids is 1. The van der Waals surface area contributed by atoms with Crippen LogP contribution in [-0.4, -0.2) is 62.7 Å². The summed E-state index contributed by atoms with van der Waals surface area (Å²) in [5.74, 6) is 2.25. The van der Waals surface area contributed by atoms with Crippen LogP contribution in [0.2, 0.25) is 1.41 Å². The molecule has 6 N–H and O–H groups in total. The number of H-pyrrole nitrogens is 1. The Kier molecular flexibility index (Phi) is 5.42. The molecule has 25 heavy (non-hydrogen) atoms. The third-order valence-electron chi connectivity index (χ3n) is 3.70. The van der Waals surface area contributed by atoms with Gasteiger partial charge in [-0.05, 0) is 23.6 Å². The highest BCUT2D eigenvalue weighted by Gasteiger charge is 2.31. The molecule has 8 nitrogen and oxygen atoms in total. The first-order chi connectivity index (χ1) is 12.3. The van der Waals surface area contributed by atoms with E-state index in [9.17, 15) is 24.9 Å². The summed E-state index contributed by atoms with van der Waals surface area (Å²) in [6.07, 6.45) is 0.143. The number of aliphatic hydroxyl groups excluding tert-OH is 4.